The number of carboxylic acids is 1. The Hall–Kier alpha value is -1.67. The molecule has 8 heteroatoms. The quantitative estimate of drug-likeness (QED) is 0.828. The zero-order chi connectivity index (χ0) is 17.0. The molecule has 1 aliphatic rings. The van der Waals surface area contributed by atoms with Crippen molar-refractivity contribution in [3.8, 4) is 0 Å². The Morgan fingerprint density at radius 3 is 2.50 bits per heavy atom. The second kappa shape index (κ2) is 7.06. The molecule has 22 heavy (non-hydrogen) atoms. The molecule has 0 bridgehead atoms. The summed E-state index contributed by atoms with van der Waals surface area (Å²) in [7, 11) is 2.10. The zero-order valence-electron chi connectivity index (χ0n) is 12.3. The van der Waals surface area contributed by atoms with Crippen molar-refractivity contribution in [2.75, 3.05) is 13.6 Å². The Labute approximate surface area is 126 Å². The predicted octanol–water partition coefficient (Wildman–Crippen LogP) is 2.02. The van der Waals surface area contributed by atoms with Crippen LogP contribution in [0.15, 0.2) is 24.5 Å². The summed E-state index contributed by atoms with van der Waals surface area (Å²) in [4.78, 5) is 15.3. The summed E-state index contributed by atoms with van der Waals surface area (Å²) in [5.41, 5.74) is 0.269. The molecule has 1 aromatic heterocycles. The average molecular weight is 320 g/mol. The van der Waals surface area contributed by atoms with Crippen molar-refractivity contribution in [1.29, 1.82) is 0 Å². The van der Waals surface area contributed by atoms with Crippen molar-refractivity contribution < 1.29 is 28.2 Å². The van der Waals surface area contributed by atoms with Crippen LogP contribution in [0, 0.1) is 0 Å². The van der Waals surface area contributed by atoms with E-state index in [9.17, 15) is 18.3 Å². The number of carboxylic acid groups (broad SMARTS) is 1. The molecule has 2 heterocycles. The van der Waals surface area contributed by atoms with Gasteiger partial charge in [0.1, 0.15) is 0 Å². The van der Waals surface area contributed by atoms with Gasteiger partial charge in [-0.1, -0.05) is 6.07 Å². The van der Waals surface area contributed by atoms with Crippen molar-refractivity contribution in [3.63, 3.8) is 0 Å². The second-order valence-corrected chi connectivity index (χ2v) is 5.36. The van der Waals surface area contributed by atoms with E-state index in [-0.39, 0.29) is 0 Å². The lowest BCUT2D eigenvalue weighted by atomic mass is 9.82. The summed E-state index contributed by atoms with van der Waals surface area (Å²) in [5, 5.41) is 17.7. The summed E-state index contributed by atoms with van der Waals surface area (Å²) in [6, 6.07) is 4.27. The van der Waals surface area contributed by atoms with Crippen LogP contribution in [0.2, 0.25) is 0 Å². The number of aliphatic hydroxyl groups is 1. The third-order valence-electron chi connectivity index (χ3n) is 3.71. The third kappa shape index (κ3) is 4.96. The third-order valence-corrected chi connectivity index (χ3v) is 3.71. The maximum absolute atomic E-state index is 10.6. The minimum atomic E-state index is -5.08. The lowest BCUT2D eigenvalue weighted by molar-refractivity contribution is -0.192. The molecule has 0 radical (unpaired) electrons. The Bertz CT molecular complexity index is 496. The molecule has 1 aromatic rings. The van der Waals surface area contributed by atoms with Gasteiger partial charge in [0.25, 0.3) is 0 Å². The van der Waals surface area contributed by atoms with E-state index in [2.05, 4.69) is 23.9 Å². The van der Waals surface area contributed by atoms with E-state index >= 15 is 0 Å². The van der Waals surface area contributed by atoms with E-state index < -0.39 is 17.7 Å². The molecule has 124 valence electrons. The van der Waals surface area contributed by atoms with E-state index in [0.717, 1.165) is 24.9 Å². The number of aliphatic carboxylic acids is 1. The molecule has 1 fully saturated rings. The van der Waals surface area contributed by atoms with Crippen LogP contribution in [0.5, 0.6) is 0 Å². The van der Waals surface area contributed by atoms with Gasteiger partial charge < -0.3 is 15.1 Å². The Balaban J connectivity index is 0.000000295. The van der Waals surface area contributed by atoms with Crippen LogP contribution < -0.4 is 0 Å². The Morgan fingerprint density at radius 1 is 1.50 bits per heavy atom. The molecule has 1 saturated heterocycles. The molecule has 2 atom stereocenters. The largest absolute Gasteiger partial charge is 0.490 e. The van der Waals surface area contributed by atoms with Gasteiger partial charge in [-0.2, -0.15) is 13.2 Å². The highest BCUT2D eigenvalue weighted by molar-refractivity contribution is 5.73. The van der Waals surface area contributed by atoms with Crippen molar-refractivity contribution >= 4 is 5.97 Å². The maximum Gasteiger partial charge on any atom is 0.490 e. The van der Waals surface area contributed by atoms with Gasteiger partial charge in [0, 0.05) is 30.5 Å². The SMILES string of the molecule is CC1CC(O)(c2cccnc2)CCN1C.O=C(O)C(F)(F)F. The second-order valence-electron chi connectivity index (χ2n) is 5.36. The predicted molar refractivity (Wildman–Crippen MR) is 73.2 cm³/mol. The molecule has 0 spiro atoms. The first-order chi connectivity index (χ1) is 10.1. The van der Waals surface area contributed by atoms with Crippen LogP contribution in [0.1, 0.15) is 25.3 Å². The van der Waals surface area contributed by atoms with Gasteiger partial charge in [0.15, 0.2) is 0 Å². The van der Waals surface area contributed by atoms with E-state index in [0.29, 0.717) is 6.04 Å². The molecule has 0 saturated carbocycles. The maximum atomic E-state index is 10.6. The van der Waals surface area contributed by atoms with Gasteiger partial charge >= 0.3 is 12.1 Å². The number of halogens is 3. The summed E-state index contributed by atoms with van der Waals surface area (Å²) in [6.45, 7) is 3.09. The highest BCUT2D eigenvalue weighted by atomic mass is 19.4. The molecule has 0 aromatic carbocycles. The van der Waals surface area contributed by atoms with Gasteiger partial charge in [-0.05, 0) is 32.9 Å². The highest BCUT2D eigenvalue weighted by Crippen LogP contribution is 2.34. The normalized spacial score (nSPS) is 26.0. The molecule has 0 amide bonds. The van der Waals surface area contributed by atoms with Crippen molar-refractivity contribution in [2.24, 2.45) is 0 Å². The number of likely N-dealkylation sites (tertiary alicyclic amines) is 1. The van der Waals surface area contributed by atoms with Crippen molar-refractivity contribution in [3.05, 3.63) is 30.1 Å². The molecule has 2 N–H and O–H groups in total. The molecular weight excluding hydrogens is 301 g/mol. The summed E-state index contributed by atoms with van der Waals surface area (Å²) in [6.07, 6.45) is 0.0119. The highest BCUT2D eigenvalue weighted by Gasteiger charge is 2.38. The lowest BCUT2D eigenvalue weighted by Gasteiger charge is -2.41. The van der Waals surface area contributed by atoms with Gasteiger partial charge in [0.05, 0.1) is 5.60 Å². The van der Waals surface area contributed by atoms with E-state index in [1.807, 2.05) is 12.1 Å². The zero-order valence-corrected chi connectivity index (χ0v) is 12.3. The minimum Gasteiger partial charge on any atom is -0.475 e. The van der Waals surface area contributed by atoms with Crippen LogP contribution in [-0.2, 0) is 10.4 Å². The molecule has 2 rings (SSSR count). The number of alkyl halides is 3. The summed E-state index contributed by atoms with van der Waals surface area (Å²) in [5.74, 6) is -2.76. The number of hydrogen-bond donors (Lipinski definition) is 2. The smallest absolute Gasteiger partial charge is 0.475 e. The topological polar surface area (TPSA) is 73.7 Å². The van der Waals surface area contributed by atoms with Crippen LogP contribution in [-0.4, -0.2) is 51.9 Å². The molecule has 1 aliphatic heterocycles. The average Bonchev–Trinajstić information content (AvgIpc) is 2.44. The first kappa shape index (κ1) is 18.4. The lowest BCUT2D eigenvalue weighted by Crippen LogP contribution is -2.45. The standard InChI is InChI=1S/C12H18N2O.C2HF3O2/c1-10-8-12(15,5-7-14(10)2)11-4-3-6-13-9-11;3-2(4,5)1(6)7/h3-4,6,9-10,15H,5,7-8H2,1-2H3;(H,6,7). The summed E-state index contributed by atoms with van der Waals surface area (Å²) < 4.78 is 31.7. The first-order valence-electron chi connectivity index (χ1n) is 6.69. The number of piperidine rings is 1. The first-order valence-corrected chi connectivity index (χ1v) is 6.69. The van der Waals surface area contributed by atoms with Gasteiger partial charge in [-0.25, -0.2) is 4.79 Å². The van der Waals surface area contributed by atoms with Gasteiger partial charge in [0.2, 0.25) is 0 Å². The van der Waals surface area contributed by atoms with Crippen LogP contribution in [0.3, 0.4) is 0 Å². The number of pyridine rings is 1. The number of rotatable bonds is 1. The number of carbonyl (C=O) groups is 1. The van der Waals surface area contributed by atoms with Crippen LogP contribution in [0.25, 0.3) is 0 Å². The summed E-state index contributed by atoms with van der Waals surface area (Å²) >= 11 is 0. The van der Waals surface area contributed by atoms with Crippen molar-refractivity contribution in [1.82, 2.24) is 9.88 Å². The van der Waals surface area contributed by atoms with Crippen LogP contribution in [0.4, 0.5) is 13.2 Å². The monoisotopic (exact) mass is 320 g/mol. The van der Waals surface area contributed by atoms with Crippen LogP contribution >= 0.6 is 0 Å². The number of aromatic nitrogens is 1. The minimum absolute atomic E-state index is 0.420. The fourth-order valence-electron chi connectivity index (χ4n) is 2.23. The van der Waals surface area contributed by atoms with Gasteiger partial charge in [-0.3, -0.25) is 4.98 Å². The fraction of sp³-hybridized carbons (Fsp3) is 0.571. The molecular formula is C14H19F3N2O3. The Morgan fingerprint density at radius 2 is 2.09 bits per heavy atom. The number of nitrogens with zero attached hydrogens (tertiary/aromatic N) is 2. The molecule has 0 aliphatic carbocycles. The Kier molecular flexibility index (Phi) is 5.90. The number of hydrogen-bond acceptors (Lipinski definition) is 4. The van der Waals surface area contributed by atoms with E-state index in [4.69, 9.17) is 9.90 Å². The van der Waals surface area contributed by atoms with E-state index in [1.165, 1.54) is 0 Å². The fourth-order valence-corrected chi connectivity index (χ4v) is 2.23. The van der Waals surface area contributed by atoms with Gasteiger partial charge in [-0.15, -0.1) is 0 Å². The molecule has 2 unspecified atom stereocenters. The van der Waals surface area contributed by atoms with E-state index in [1.54, 1.807) is 12.4 Å². The molecule has 5 nitrogen and oxygen atoms in total. The van der Waals surface area contributed by atoms with Crippen molar-refractivity contribution in [2.45, 2.75) is 37.6 Å².